The average Bonchev–Trinajstić information content (AvgIpc) is 3.01. The lowest BCUT2D eigenvalue weighted by Crippen LogP contribution is -2.50. The van der Waals surface area contributed by atoms with Gasteiger partial charge in [-0.1, -0.05) is 19.9 Å². The van der Waals surface area contributed by atoms with Gasteiger partial charge in [0.25, 0.3) is 0 Å². The third-order valence-corrected chi connectivity index (χ3v) is 7.14. The minimum absolute atomic E-state index is 0.189. The van der Waals surface area contributed by atoms with Gasteiger partial charge in [-0.25, -0.2) is 0 Å². The van der Waals surface area contributed by atoms with Crippen molar-refractivity contribution in [3.05, 3.63) is 22.4 Å². The molecule has 0 aromatic carbocycles. The molecule has 0 radical (unpaired) electrons. The molecular weight excluding hydrogens is 298 g/mol. The SMILES string of the molecule is CC(C)(CNC1CCOC2(CCSCC2)C1)c1cccs1. The van der Waals surface area contributed by atoms with Crippen LogP contribution in [0.15, 0.2) is 17.5 Å². The first-order chi connectivity index (χ1) is 10.1. The topological polar surface area (TPSA) is 21.3 Å². The van der Waals surface area contributed by atoms with Crippen molar-refractivity contribution in [1.82, 2.24) is 5.32 Å². The van der Waals surface area contributed by atoms with E-state index in [0.717, 1.165) is 19.6 Å². The maximum atomic E-state index is 6.19. The van der Waals surface area contributed by atoms with Gasteiger partial charge in [0.15, 0.2) is 0 Å². The second-order valence-corrected chi connectivity index (χ2v) is 9.25. The molecule has 21 heavy (non-hydrogen) atoms. The van der Waals surface area contributed by atoms with Crippen molar-refractivity contribution >= 4 is 23.1 Å². The van der Waals surface area contributed by atoms with Crippen molar-refractivity contribution in [2.24, 2.45) is 0 Å². The van der Waals surface area contributed by atoms with Crippen LogP contribution in [0.25, 0.3) is 0 Å². The van der Waals surface area contributed by atoms with Gasteiger partial charge >= 0.3 is 0 Å². The monoisotopic (exact) mass is 325 g/mol. The highest BCUT2D eigenvalue weighted by Gasteiger charge is 2.39. The van der Waals surface area contributed by atoms with Gasteiger partial charge in [-0.15, -0.1) is 11.3 Å². The summed E-state index contributed by atoms with van der Waals surface area (Å²) in [6.07, 6.45) is 4.85. The normalized spacial score (nSPS) is 26.1. The fourth-order valence-electron chi connectivity index (χ4n) is 3.44. The predicted octanol–water partition coefficient (Wildman–Crippen LogP) is 4.06. The summed E-state index contributed by atoms with van der Waals surface area (Å²) >= 11 is 3.95. The summed E-state index contributed by atoms with van der Waals surface area (Å²) in [5.74, 6) is 2.54. The van der Waals surface area contributed by atoms with Crippen LogP contribution >= 0.6 is 23.1 Å². The Labute approximate surface area is 137 Å². The lowest BCUT2D eigenvalue weighted by molar-refractivity contribution is -0.0934. The number of ether oxygens (including phenoxy) is 1. The molecule has 1 spiro atoms. The number of thiophene rings is 1. The molecule has 2 fully saturated rings. The van der Waals surface area contributed by atoms with Crippen LogP contribution in [0.2, 0.25) is 0 Å². The summed E-state index contributed by atoms with van der Waals surface area (Å²) in [5, 5.41) is 6.02. The highest BCUT2D eigenvalue weighted by atomic mass is 32.2. The number of hydrogen-bond donors (Lipinski definition) is 1. The van der Waals surface area contributed by atoms with Gasteiger partial charge in [-0.2, -0.15) is 11.8 Å². The molecule has 1 unspecified atom stereocenters. The zero-order valence-electron chi connectivity index (χ0n) is 13.2. The minimum atomic E-state index is 0.189. The van der Waals surface area contributed by atoms with Crippen LogP contribution in [-0.4, -0.2) is 36.3 Å². The van der Waals surface area contributed by atoms with E-state index in [1.165, 1.54) is 35.6 Å². The summed E-state index contributed by atoms with van der Waals surface area (Å²) < 4.78 is 6.19. The first kappa shape index (κ1) is 15.9. The molecule has 2 aliphatic heterocycles. The van der Waals surface area contributed by atoms with E-state index >= 15 is 0 Å². The predicted molar refractivity (Wildman–Crippen MR) is 93.6 cm³/mol. The van der Waals surface area contributed by atoms with Crippen LogP contribution in [0.4, 0.5) is 0 Å². The molecule has 0 bridgehead atoms. The van der Waals surface area contributed by atoms with E-state index in [2.05, 4.69) is 48.4 Å². The molecular formula is C17H27NOS2. The Bertz CT molecular complexity index is 432. The molecule has 0 aliphatic carbocycles. The summed E-state index contributed by atoms with van der Waals surface area (Å²) in [6, 6.07) is 5.04. The number of thioether (sulfide) groups is 1. The van der Waals surface area contributed by atoms with Crippen LogP contribution in [-0.2, 0) is 10.2 Å². The maximum Gasteiger partial charge on any atom is 0.0713 e. The number of rotatable bonds is 4. The molecule has 1 aromatic rings. The second kappa shape index (κ2) is 6.61. The van der Waals surface area contributed by atoms with E-state index < -0.39 is 0 Å². The third-order valence-electron chi connectivity index (χ3n) is 4.92. The van der Waals surface area contributed by atoms with Crippen LogP contribution in [0.3, 0.4) is 0 Å². The van der Waals surface area contributed by atoms with Gasteiger partial charge in [-0.05, 0) is 48.6 Å². The van der Waals surface area contributed by atoms with Crippen molar-refractivity contribution in [2.45, 2.75) is 56.6 Å². The summed E-state index contributed by atoms with van der Waals surface area (Å²) in [4.78, 5) is 1.48. The molecule has 2 nitrogen and oxygen atoms in total. The summed E-state index contributed by atoms with van der Waals surface area (Å²) in [6.45, 7) is 6.68. The van der Waals surface area contributed by atoms with Crippen LogP contribution < -0.4 is 5.32 Å². The highest BCUT2D eigenvalue weighted by molar-refractivity contribution is 7.99. The number of nitrogens with one attached hydrogen (secondary N) is 1. The fraction of sp³-hybridized carbons (Fsp3) is 0.765. The molecule has 0 saturated carbocycles. The van der Waals surface area contributed by atoms with Crippen molar-refractivity contribution in [2.75, 3.05) is 24.7 Å². The third kappa shape index (κ3) is 3.84. The molecule has 3 heterocycles. The van der Waals surface area contributed by atoms with Crippen LogP contribution in [0, 0.1) is 0 Å². The Balaban J connectivity index is 1.55. The molecule has 0 amide bonds. The average molecular weight is 326 g/mol. The molecule has 2 aliphatic rings. The smallest absolute Gasteiger partial charge is 0.0713 e. The van der Waals surface area contributed by atoms with Gasteiger partial charge in [-0.3, -0.25) is 0 Å². The first-order valence-electron chi connectivity index (χ1n) is 8.09. The van der Waals surface area contributed by atoms with Crippen molar-refractivity contribution < 1.29 is 4.74 Å². The van der Waals surface area contributed by atoms with Crippen LogP contribution in [0.5, 0.6) is 0 Å². The quantitative estimate of drug-likeness (QED) is 0.902. The molecule has 118 valence electrons. The first-order valence-corrected chi connectivity index (χ1v) is 10.1. The molecule has 1 N–H and O–H groups in total. The summed E-state index contributed by atoms with van der Waals surface area (Å²) in [7, 11) is 0. The van der Waals surface area contributed by atoms with Gasteiger partial charge in [0, 0.05) is 29.5 Å². The Morgan fingerprint density at radius 2 is 2.19 bits per heavy atom. The zero-order valence-corrected chi connectivity index (χ0v) is 14.8. The van der Waals surface area contributed by atoms with Gasteiger partial charge in [0.1, 0.15) is 0 Å². The van der Waals surface area contributed by atoms with E-state index in [1.807, 2.05) is 11.3 Å². The standard InChI is InChI=1S/C17H27NOS2/c1-16(2,15-4-3-9-21-15)13-18-14-5-8-19-17(12-14)6-10-20-11-7-17/h3-4,9,14,18H,5-8,10-13H2,1-2H3. The van der Waals surface area contributed by atoms with Gasteiger partial charge in [0.2, 0.25) is 0 Å². The molecule has 3 rings (SSSR count). The second-order valence-electron chi connectivity index (χ2n) is 7.08. The number of hydrogen-bond acceptors (Lipinski definition) is 4. The molecule has 2 saturated heterocycles. The minimum Gasteiger partial charge on any atom is -0.375 e. The zero-order chi connectivity index (χ0) is 14.8. The molecule has 1 atom stereocenters. The summed E-state index contributed by atoms with van der Waals surface area (Å²) in [5.41, 5.74) is 0.413. The van der Waals surface area contributed by atoms with Crippen LogP contribution in [0.1, 0.15) is 44.4 Å². The van der Waals surface area contributed by atoms with E-state index in [4.69, 9.17) is 4.74 Å². The Morgan fingerprint density at radius 1 is 1.38 bits per heavy atom. The Morgan fingerprint density at radius 3 is 2.90 bits per heavy atom. The lowest BCUT2D eigenvalue weighted by Gasteiger charge is -2.44. The lowest BCUT2D eigenvalue weighted by atomic mass is 9.84. The highest BCUT2D eigenvalue weighted by Crippen LogP contribution is 2.37. The van der Waals surface area contributed by atoms with E-state index in [1.54, 1.807) is 0 Å². The van der Waals surface area contributed by atoms with E-state index in [9.17, 15) is 0 Å². The maximum absolute atomic E-state index is 6.19. The Hall–Kier alpha value is -0.0300. The fourth-order valence-corrected chi connectivity index (χ4v) is 5.53. The van der Waals surface area contributed by atoms with E-state index in [-0.39, 0.29) is 11.0 Å². The van der Waals surface area contributed by atoms with E-state index in [0.29, 0.717) is 6.04 Å². The van der Waals surface area contributed by atoms with Crippen molar-refractivity contribution in [3.8, 4) is 0 Å². The van der Waals surface area contributed by atoms with Gasteiger partial charge in [0.05, 0.1) is 5.60 Å². The largest absolute Gasteiger partial charge is 0.375 e. The molecule has 4 heteroatoms. The Kier molecular flexibility index (Phi) is 4.99. The van der Waals surface area contributed by atoms with Crippen molar-refractivity contribution in [3.63, 3.8) is 0 Å². The van der Waals surface area contributed by atoms with Gasteiger partial charge < -0.3 is 10.1 Å². The van der Waals surface area contributed by atoms with Crippen molar-refractivity contribution in [1.29, 1.82) is 0 Å². The molecule has 1 aromatic heterocycles.